The summed E-state index contributed by atoms with van der Waals surface area (Å²) in [5.41, 5.74) is 1.09. The number of aryl methyl sites for hydroxylation is 1. The SMILES string of the molecule is O=C(CCc1ccsc1)OCC(=O)N(C1CCCCC1)C1CCS(=O)(=O)C1. The number of amides is 1. The number of rotatable bonds is 7. The van der Waals surface area contributed by atoms with Crippen LogP contribution >= 0.6 is 11.3 Å². The van der Waals surface area contributed by atoms with Crippen LogP contribution in [0, 0.1) is 0 Å². The molecular formula is C19H27NO5S2. The molecule has 1 atom stereocenters. The second-order valence-corrected chi connectivity index (χ2v) is 10.5. The first-order chi connectivity index (χ1) is 12.9. The van der Waals surface area contributed by atoms with Crippen molar-refractivity contribution in [1.82, 2.24) is 4.90 Å². The van der Waals surface area contributed by atoms with E-state index < -0.39 is 15.8 Å². The maximum Gasteiger partial charge on any atom is 0.306 e. The Hall–Kier alpha value is -1.41. The molecule has 2 aliphatic rings. The van der Waals surface area contributed by atoms with Gasteiger partial charge in [0.2, 0.25) is 0 Å². The van der Waals surface area contributed by atoms with Gasteiger partial charge < -0.3 is 9.64 Å². The summed E-state index contributed by atoms with van der Waals surface area (Å²) in [4.78, 5) is 26.5. The van der Waals surface area contributed by atoms with E-state index >= 15 is 0 Å². The molecular weight excluding hydrogens is 386 g/mol. The molecule has 27 heavy (non-hydrogen) atoms. The Morgan fingerprint density at radius 2 is 1.93 bits per heavy atom. The number of carbonyl (C=O) groups excluding carboxylic acids is 2. The average Bonchev–Trinajstić information content (AvgIpc) is 3.29. The third-order valence-electron chi connectivity index (χ3n) is 5.41. The Morgan fingerprint density at radius 3 is 2.56 bits per heavy atom. The van der Waals surface area contributed by atoms with Crippen molar-refractivity contribution in [1.29, 1.82) is 0 Å². The van der Waals surface area contributed by atoms with E-state index in [0.29, 0.717) is 12.8 Å². The first kappa shape index (κ1) is 20.3. The van der Waals surface area contributed by atoms with Gasteiger partial charge in [0.1, 0.15) is 0 Å². The van der Waals surface area contributed by atoms with Crippen molar-refractivity contribution in [2.75, 3.05) is 18.1 Å². The number of carbonyl (C=O) groups is 2. The highest BCUT2D eigenvalue weighted by Crippen LogP contribution is 2.28. The van der Waals surface area contributed by atoms with Gasteiger partial charge >= 0.3 is 5.97 Å². The molecule has 1 unspecified atom stereocenters. The molecule has 6 nitrogen and oxygen atoms in total. The highest BCUT2D eigenvalue weighted by molar-refractivity contribution is 7.91. The fourth-order valence-corrected chi connectivity index (χ4v) is 6.44. The first-order valence-corrected chi connectivity index (χ1v) is 12.4. The largest absolute Gasteiger partial charge is 0.456 e. The van der Waals surface area contributed by atoms with E-state index in [2.05, 4.69) is 0 Å². The van der Waals surface area contributed by atoms with Crippen LogP contribution < -0.4 is 0 Å². The van der Waals surface area contributed by atoms with Crippen LogP contribution in [0.15, 0.2) is 16.8 Å². The van der Waals surface area contributed by atoms with Crippen LogP contribution in [0.2, 0.25) is 0 Å². The van der Waals surface area contributed by atoms with E-state index in [-0.39, 0.29) is 42.5 Å². The highest BCUT2D eigenvalue weighted by atomic mass is 32.2. The molecule has 0 bridgehead atoms. The van der Waals surface area contributed by atoms with Gasteiger partial charge in [-0.05, 0) is 48.1 Å². The Kier molecular flexibility index (Phi) is 6.92. The summed E-state index contributed by atoms with van der Waals surface area (Å²) in [5.74, 6) is -0.485. The lowest BCUT2D eigenvalue weighted by Gasteiger charge is -2.38. The summed E-state index contributed by atoms with van der Waals surface area (Å²) >= 11 is 1.58. The molecule has 1 saturated heterocycles. The molecule has 8 heteroatoms. The summed E-state index contributed by atoms with van der Waals surface area (Å²) < 4.78 is 29.0. The Balaban J connectivity index is 1.56. The average molecular weight is 414 g/mol. The lowest BCUT2D eigenvalue weighted by Crippen LogP contribution is -2.50. The second-order valence-electron chi connectivity index (χ2n) is 7.44. The fraction of sp³-hybridized carbons (Fsp3) is 0.684. The van der Waals surface area contributed by atoms with Gasteiger partial charge in [0, 0.05) is 18.5 Å². The maximum atomic E-state index is 12.8. The molecule has 1 aromatic rings. The van der Waals surface area contributed by atoms with Gasteiger partial charge in [-0.2, -0.15) is 11.3 Å². The lowest BCUT2D eigenvalue weighted by molar-refractivity contribution is -0.154. The number of thiophene rings is 1. The quantitative estimate of drug-likeness (QED) is 0.642. The number of ether oxygens (including phenoxy) is 1. The Bertz CT molecular complexity index is 738. The van der Waals surface area contributed by atoms with Crippen LogP contribution in [0.4, 0.5) is 0 Å². The molecule has 0 spiro atoms. The molecule has 1 aliphatic heterocycles. The number of esters is 1. The number of hydrogen-bond donors (Lipinski definition) is 0. The van der Waals surface area contributed by atoms with Crippen molar-refractivity contribution >= 4 is 33.1 Å². The van der Waals surface area contributed by atoms with E-state index in [1.54, 1.807) is 16.2 Å². The van der Waals surface area contributed by atoms with Gasteiger partial charge in [-0.3, -0.25) is 9.59 Å². The first-order valence-electron chi connectivity index (χ1n) is 9.63. The summed E-state index contributed by atoms with van der Waals surface area (Å²) in [6, 6.07) is 1.75. The van der Waals surface area contributed by atoms with E-state index in [0.717, 1.165) is 37.7 Å². The van der Waals surface area contributed by atoms with Crippen molar-refractivity contribution in [3.8, 4) is 0 Å². The van der Waals surface area contributed by atoms with Gasteiger partial charge in [0.15, 0.2) is 16.4 Å². The van der Waals surface area contributed by atoms with Crippen molar-refractivity contribution < 1.29 is 22.7 Å². The molecule has 150 valence electrons. The molecule has 1 aliphatic carbocycles. The summed E-state index contributed by atoms with van der Waals surface area (Å²) in [6.45, 7) is -0.296. The van der Waals surface area contributed by atoms with Gasteiger partial charge in [-0.1, -0.05) is 19.3 Å². The lowest BCUT2D eigenvalue weighted by atomic mass is 9.93. The van der Waals surface area contributed by atoms with Crippen molar-refractivity contribution in [2.45, 2.75) is 63.5 Å². The van der Waals surface area contributed by atoms with Gasteiger partial charge in [-0.25, -0.2) is 8.42 Å². The van der Waals surface area contributed by atoms with Gasteiger partial charge in [0.05, 0.1) is 11.5 Å². The zero-order valence-electron chi connectivity index (χ0n) is 15.5. The van der Waals surface area contributed by atoms with Crippen LogP contribution in [0.3, 0.4) is 0 Å². The molecule has 1 amide bonds. The smallest absolute Gasteiger partial charge is 0.306 e. The molecule has 1 aromatic heterocycles. The predicted molar refractivity (Wildman–Crippen MR) is 104 cm³/mol. The zero-order valence-corrected chi connectivity index (χ0v) is 17.1. The minimum absolute atomic E-state index is 0.0291. The molecule has 2 fully saturated rings. The normalized spacial score (nSPS) is 22.4. The molecule has 0 radical (unpaired) electrons. The fourth-order valence-electron chi connectivity index (χ4n) is 4.03. The Morgan fingerprint density at radius 1 is 1.15 bits per heavy atom. The standard InChI is InChI=1S/C19H27NO5S2/c21-18(12-25-19(22)7-6-15-8-10-26-13-15)20(16-4-2-1-3-5-16)17-9-11-27(23,24)14-17/h8,10,13,16-17H,1-7,9,11-12,14H2. The summed E-state index contributed by atoms with van der Waals surface area (Å²) in [5, 5.41) is 3.95. The topological polar surface area (TPSA) is 80.8 Å². The number of nitrogens with zero attached hydrogens (tertiary/aromatic N) is 1. The minimum atomic E-state index is -3.08. The van der Waals surface area contributed by atoms with Crippen LogP contribution in [0.5, 0.6) is 0 Å². The van der Waals surface area contributed by atoms with E-state index in [9.17, 15) is 18.0 Å². The third kappa shape index (κ3) is 5.78. The van der Waals surface area contributed by atoms with Crippen LogP contribution in [0.1, 0.15) is 50.5 Å². The van der Waals surface area contributed by atoms with Crippen LogP contribution in [-0.4, -0.2) is 55.4 Å². The van der Waals surface area contributed by atoms with E-state index in [4.69, 9.17) is 4.74 Å². The second kappa shape index (κ2) is 9.19. The zero-order chi connectivity index (χ0) is 19.3. The summed E-state index contributed by atoms with van der Waals surface area (Å²) in [6.07, 6.45) is 6.37. The predicted octanol–water partition coefficient (Wildman–Crippen LogP) is 2.57. The van der Waals surface area contributed by atoms with Crippen LogP contribution in [-0.2, 0) is 30.6 Å². The number of hydrogen-bond acceptors (Lipinski definition) is 6. The van der Waals surface area contributed by atoms with Crippen molar-refractivity contribution in [2.24, 2.45) is 0 Å². The monoisotopic (exact) mass is 413 g/mol. The van der Waals surface area contributed by atoms with Gasteiger partial charge in [-0.15, -0.1) is 0 Å². The van der Waals surface area contributed by atoms with E-state index in [1.165, 1.54) is 0 Å². The van der Waals surface area contributed by atoms with Gasteiger partial charge in [0.25, 0.3) is 5.91 Å². The molecule has 1 saturated carbocycles. The van der Waals surface area contributed by atoms with E-state index in [1.807, 2.05) is 16.8 Å². The maximum absolute atomic E-state index is 12.8. The molecule has 2 heterocycles. The third-order valence-corrected chi connectivity index (χ3v) is 7.89. The van der Waals surface area contributed by atoms with Crippen molar-refractivity contribution in [3.63, 3.8) is 0 Å². The highest BCUT2D eigenvalue weighted by Gasteiger charge is 2.38. The molecule has 3 rings (SSSR count). The Labute approximate surface area is 164 Å². The minimum Gasteiger partial charge on any atom is -0.456 e. The number of sulfone groups is 1. The summed E-state index contributed by atoms with van der Waals surface area (Å²) in [7, 11) is -3.08. The molecule has 0 aromatic carbocycles. The van der Waals surface area contributed by atoms with Crippen molar-refractivity contribution in [3.05, 3.63) is 22.4 Å². The molecule has 0 N–H and O–H groups in total. The van der Waals surface area contributed by atoms with Crippen LogP contribution in [0.25, 0.3) is 0 Å².